The number of unbranched alkanes of at least 4 members (excludes halogenated alkanes) is 1. The number of hydrogen-bond acceptors (Lipinski definition) is 1. The summed E-state index contributed by atoms with van der Waals surface area (Å²) in [7, 11) is 0. The van der Waals surface area contributed by atoms with Gasteiger partial charge in [0.1, 0.15) is 0 Å². The summed E-state index contributed by atoms with van der Waals surface area (Å²) < 4.78 is 0. The molecule has 0 spiro atoms. The second kappa shape index (κ2) is 7.72. The van der Waals surface area contributed by atoms with Gasteiger partial charge in [-0.1, -0.05) is 60.8 Å². The molecular weight excluding hydrogens is 301 g/mol. The van der Waals surface area contributed by atoms with Crippen LogP contribution in [-0.2, 0) is 6.42 Å². The van der Waals surface area contributed by atoms with Crippen LogP contribution in [0, 0.1) is 0 Å². The third-order valence-corrected chi connectivity index (χ3v) is 3.98. The molecule has 0 bridgehead atoms. The topological polar surface area (TPSA) is 12.0 Å². The lowest BCUT2D eigenvalue weighted by Gasteiger charge is -2.16. The predicted octanol–water partition coefficient (Wildman–Crippen LogP) is 6.51. The first-order valence-corrected chi connectivity index (χ1v) is 8.15. The Labute approximate surface area is 137 Å². The highest BCUT2D eigenvalue weighted by atomic mass is 35.5. The fraction of sp³-hybridized carbons (Fsp3) is 0.333. The van der Waals surface area contributed by atoms with Crippen LogP contribution in [-0.4, -0.2) is 0 Å². The highest BCUT2D eigenvalue weighted by molar-refractivity contribution is 6.35. The van der Waals surface area contributed by atoms with E-state index in [4.69, 9.17) is 23.2 Å². The van der Waals surface area contributed by atoms with E-state index in [-0.39, 0.29) is 6.04 Å². The Morgan fingerprint density at radius 3 is 2.19 bits per heavy atom. The van der Waals surface area contributed by atoms with E-state index in [1.807, 2.05) is 12.1 Å². The molecule has 1 unspecified atom stereocenters. The van der Waals surface area contributed by atoms with Crippen molar-refractivity contribution < 1.29 is 0 Å². The monoisotopic (exact) mass is 321 g/mol. The molecule has 2 aromatic carbocycles. The maximum atomic E-state index is 6.02. The molecule has 2 rings (SSSR count). The average Bonchev–Trinajstić information content (AvgIpc) is 2.44. The summed E-state index contributed by atoms with van der Waals surface area (Å²) in [5, 5.41) is 4.72. The van der Waals surface area contributed by atoms with Gasteiger partial charge >= 0.3 is 0 Å². The summed E-state index contributed by atoms with van der Waals surface area (Å²) in [6.45, 7) is 4.35. The summed E-state index contributed by atoms with van der Waals surface area (Å²) in [5.41, 5.74) is 3.60. The maximum Gasteiger partial charge on any atom is 0.0485 e. The van der Waals surface area contributed by atoms with E-state index in [9.17, 15) is 0 Å². The molecule has 112 valence electrons. The van der Waals surface area contributed by atoms with Gasteiger partial charge in [-0.15, -0.1) is 0 Å². The van der Waals surface area contributed by atoms with E-state index >= 15 is 0 Å². The minimum atomic E-state index is 0.208. The van der Waals surface area contributed by atoms with Crippen LogP contribution >= 0.6 is 23.2 Å². The van der Waals surface area contributed by atoms with Gasteiger partial charge in [0, 0.05) is 21.8 Å². The molecule has 0 amide bonds. The molecular formula is C18H21Cl2N. The van der Waals surface area contributed by atoms with Gasteiger partial charge in [0.25, 0.3) is 0 Å². The number of nitrogens with one attached hydrogen (secondary N) is 1. The van der Waals surface area contributed by atoms with Crippen molar-refractivity contribution in [1.82, 2.24) is 0 Å². The van der Waals surface area contributed by atoms with Crippen molar-refractivity contribution in [2.45, 2.75) is 39.2 Å². The normalized spacial score (nSPS) is 12.2. The van der Waals surface area contributed by atoms with Crippen molar-refractivity contribution in [1.29, 1.82) is 0 Å². The molecule has 0 saturated carbocycles. The number of anilines is 1. The zero-order valence-corrected chi connectivity index (χ0v) is 14.0. The zero-order valence-electron chi connectivity index (χ0n) is 12.5. The fourth-order valence-corrected chi connectivity index (χ4v) is 2.85. The van der Waals surface area contributed by atoms with Crippen LogP contribution in [0.25, 0.3) is 0 Å². The Hall–Kier alpha value is -1.18. The molecule has 0 aliphatic rings. The van der Waals surface area contributed by atoms with Gasteiger partial charge < -0.3 is 5.32 Å². The van der Waals surface area contributed by atoms with E-state index in [2.05, 4.69) is 43.4 Å². The summed E-state index contributed by atoms with van der Waals surface area (Å²) in [5.74, 6) is 0. The average molecular weight is 322 g/mol. The Bertz CT molecular complexity index is 558. The summed E-state index contributed by atoms with van der Waals surface area (Å²) >= 11 is 12.0. The van der Waals surface area contributed by atoms with Crippen LogP contribution in [0.5, 0.6) is 0 Å². The minimum absolute atomic E-state index is 0.208. The molecule has 0 saturated heterocycles. The lowest BCUT2D eigenvalue weighted by atomic mass is 10.0. The zero-order chi connectivity index (χ0) is 15.2. The molecule has 1 atom stereocenters. The van der Waals surface area contributed by atoms with E-state index in [0.717, 1.165) is 12.1 Å². The third-order valence-electron chi connectivity index (χ3n) is 3.54. The first-order chi connectivity index (χ1) is 10.1. The number of rotatable bonds is 6. The molecule has 1 N–H and O–H groups in total. The van der Waals surface area contributed by atoms with Crippen LogP contribution in [0.15, 0.2) is 42.5 Å². The summed E-state index contributed by atoms with van der Waals surface area (Å²) in [6.07, 6.45) is 3.63. The molecule has 21 heavy (non-hydrogen) atoms. The smallest absolute Gasteiger partial charge is 0.0485 e. The van der Waals surface area contributed by atoms with Gasteiger partial charge in [0.05, 0.1) is 0 Å². The van der Waals surface area contributed by atoms with Gasteiger partial charge in [-0.25, -0.2) is 0 Å². The highest BCUT2D eigenvalue weighted by Gasteiger charge is 2.06. The molecule has 0 aliphatic heterocycles. The molecule has 0 radical (unpaired) electrons. The van der Waals surface area contributed by atoms with Crippen LogP contribution < -0.4 is 5.32 Å². The van der Waals surface area contributed by atoms with E-state index in [0.29, 0.717) is 10.0 Å². The van der Waals surface area contributed by atoms with Gasteiger partial charge in [0.15, 0.2) is 0 Å². The first kappa shape index (κ1) is 16.2. The largest absolute Gasteiger partial charge is 0.378 e. The van der Waals surface area contributed by atoms with Crippen LogP contribution in [0.2, 0.25) is 10.0 Å². The number of hydrogen-bond donors (Lipinski definition) is 1. The second-order valence-corrected chi connectivity index (χ2v) is 6.24. The van der Waals surface area contributed by atoms with Crippen molar-refractivity contribution in [2.75, 3.05) is 5.32 Å². The Morgan fingerprint density at radius 2 is 1.62 bits per heavy atom. The van der Waals surface area contributed by atoms with Crippen LogP contribution in [0.4, 0.5) is 5.69 Å². The second-order valence-electron chi connectivity index (χ2n) is 5.37. The van der Waals surface area contributed by atoms with Gasteiger partial charge in [0.2, 0.25) is 0 Å². The van der Waals surface area contributed by atoms with Gasteiger partial charge in [-0.05, 0) is 49.1 Å². The standard InChI is InChI=1S/C18H21Cl2N/c1-3-4-5-14-6-8-15(9-7-14)13(2)21-18-11-16(19)10-17(20)12-18/h6-13,21H,3-5H2,1-2H3. The fourth-order valence-electron chi connectivity index (χ4n) is 2.32. The van der Waals surface area contributed by atoms with Crippen LogP contribution in [0.3, 0.4) is 0 Å². The van der Waals surface area contributed by atoms with E-state index < -0.39 is 0 Å². The van der Waals surface area contributed by atoms with Crippen molar-refractivity contribution in [2.24, 2.45) is 0 Å². The molecule has 0 fully saturated rings. The van der Waals surface area contributed by atoms with E-state index in [1.54, 1.807) is 6.07 Å². The summed E-state index contributed by atoms with van der Waals surface area (Å²) in [4.78, 5) is 0. The van der Waals surface area contributed by atoms with Gasteiger partial charge in [-0.3, -0.25) is 0 Å². The maximum absolute atomic E-state index is 6.02. The number of halogens is 2. The molecule has 3 heteroatoms. The van der Waals surface area contributed by atoms with Crippen molar-refractivity contribution in [3.63, 3.8) is 0 Å². The quantitative estimate of drug-likeness (QED) is 0.639. The Morgan fingerprint density at radius 1 is 1.00 bits per heavy atom. The lowest BCUT2D eigenvalue weighted by Crippen LogP contribution is -2.06. The molecule has 0 aliphatic carbocycles. The van der Waals surface area contributed by atoms with Gasteiger partial charge in [-0.2, -0.15) is 0 Å². The van der Waals surface area contributed by atoms with Crippen LogP contribution in [0.1, 0.15) is 43.9 Å². The van der Waals surface area contributed by atoms with Crippen molar-refractivity contribution in [3.8, 4) is 0 Å². The highest BCUT2D eigenvalue weighted by Crippen LogP contribution is 2.26. The van der Waals surface area contributed by atoms with E-state index in [1.165, 1.54) is 24.0 Å². The predicted molar refractivity (Wildman–Crippen MR) is 93.6 cm³/mol. The first-order valence-electron chi connectivity index (χ1n) is 7.40. The minimum Gasteiger partial charge on any atom is -0.378 e. The van der Waals surface area contributed by atoms with Crippen molar-refractivity contribution in [3.05, 3.63) is 63.6 Å². The molecule has 0 aromatic heterocycles. The Balaban J connectivity index is 2.04. The number of benzene rings is 2. The molecule has 2 aromatic rings. The van der Waals surface area contributed by atoms with Crippen molar-refractivity contribution >= 4 is 28.9 Å². The SMILES string of the molecule is CCCCc1ccc(C(C)Nc2cc(Cl)cc(Cl)c2)cc1. The Kier molecular flexibility index (Phi) is 5.96. The number of aryl methyl sites for hydroxylation is 1. The summed E-state index contributed by atoms with van der Waals surface area (Å²) in [6, 6.07) is 14.5. The molecule has 1 nitrogen and oxygen atoms in total. The lowest BCUT2D eigenvalue weighted by molar-refractivity contribution is 0.793. The molecule has 0 heterocycles. The third kappa shape index (κ3) is 4.94.